The minimum Gasteiger partial charge on any atom is -0.494 e. The summed E-state index contributed by atoms with van der Waals surface area (Å²) in [6, 6.07) is 8.00. The highest BCUT2D eigenvalue weighted by molar-refractivity contribution is 9.10. The van der Waals surface area contributed by atoms with Gasteiger partial charge in [-0.3, -0.25) is 0 Å². The fourth-order valence-corrected chi connectivity index (χ4v) is 2.04. The van der Waals surface area contributed by atoms with Crippen LogP contribution in [0.25, 0.3) is 0 Å². The van der Waals surface area contributed by atoms with Crippen LogP contribution in [0.2, 0.25) is 0 Å². The summed E-state index contributed by atoms with van der Waals surface area (Å²) in [6.45, 7) is 7.52. The molecule has 0 atom stereocenters. The molecule has 0 aliphatic carbocycles. The molecular formula is C15H24BrNO. The molecule has 0 aliphatic rings. The fourth-order valence-electron chi connectivity index (χ4n) is 1.67. The smallest absolute Gasteiger partial charge is 0.120 e. The second kappa shape index (κ2) is 9.40. The van der Waals surface area contributed by atoms with Gasteiger partial charge in [-0.2, -0.15) is 0 Å². The summed E-state index contributed by atoms with van der Waals surface area (Å²) in [6.07, 6.45) is 3.57. The van der Waals surface area contributed by atoms with Gasteiger partial charge in [0, 0.05) is 4.47 Å². The summed E-state index contributed by atoms with van der Waals surface area (Å²) in [7, 11) is 0. The second-order valence-electron chi connectivity index (χ2n) is 4.96. The van der Waals surface area contributed by atoms with E-state index in [1.807, 2.05) is 24.3 Å². The largest absolute Gasteiger partial charge is 0.494 e. The zero-order valence-electron chi connectivity index (χ0n) is 11.4. The number of benzene rings is 1. The van der Waals surface area contributed by atoms with Crippen LogP contribution in [0.1, 0.15) is 33.1 Å². The Morgan fingerprint density at radius 2 is 2.06 bits per heavy atom. The van der Waals surface area contributed by atoms with E-state index in [0.717, 1.165) is 42.3 Å². The summed E-state index contributed by atoms with van der Waals surface area (Å²) in [4.78, 5) is 0. The molecule has 0 bridgehead atoms. The Kier molecular flexibility index (Phi) is 8.10. The summed E-state index contributed by atoms with van der Waals surface area (Å²) in [5.41, 5.74) is 0. The highest BCUT2D eigenvalue weighted by Crippen LogP contribution is 2.17. The van der Waals surface area contributed by atoms with E-state index in [4.69, 9.17) is 4.74 Å². The number of unbranched alkanes of at least 4 members (excludes halogenated alkanes) is 2. The minimum atomic E-state index is 0.741. The van der Waals surface area contributed by atoms with E-state index in [9.17, 15) is 0 Å². The van der Waals surface area contributed by atoms with Crippen LogP contribution in [-0.2, 0) is 0 Å². The van der Waals surface area contributed by atoms with Crippen molar-refractivity contribution in [2.75, 3.05) is 19.7 Å². The lowest BCUT2D eigenvalue weighted by atomic mass is 10.2. The van der Waals surface area contributed by atoms with Crippen LogP contribution in [0.5, 0.6) is 5.75 Å². The van der Waals surface area contributed by atoms with Gasteiger partial charge in [0.15, 0.2) is 0 Å². The van der Waals surface area contributed by atoms with Gasteiger partial charge in [-0.15, -0.1) is 0 Å². The first-order valence-corrected chi connectivity index (χ1v) is 7.57. The van der Waals surface area contributed by atoms with Crippen molar-refractivity contribution in [3.8, 4) is 5.75 Å². The van der Waals surface area contributed by atoms with Gasteiger partial charge in [-0.1, -0.05) is 35.8 Å². The van der Waals surface area contributed by atoms with E-state index >= 15 is 0 Å². The third kappa shape index (κ3) is 7.72. The van der Waals surface area contributed by atoms with Gasteiger partial charge in [0.05, 0.1) is 6.61 Å². The van der Waals surface area contributed by atoms with Crippen LogP contribution >= 0.6 is 15.9 Å². The van der Waals surface area contributed by atoms with E-state index in [1.54, 1.807) is 0 Å². The Morgan fingerprint density at radius 1 is 1.22 bits per heavy atom. The summed E-state index contributed by atoms with van der Waals surface area (Å²) in [5.74, 6) is 1.69. The van der Waals surface area contributed by atoms with E-state index in [-0.39, 0.29) is 0 Å². The van der Waals surface area contributed by atoms with Crippen LogP contribution in [-0.4, -0.2) is 19.7 Å². The van der Waals surface area contributed by atoms with E-state index < -0.39 is 0 Å². The summed E-state index contributed by atoms with van der Waals surface area (Å²) < 4.78 is 6.75. The predicted octanol–water partition coefficient (Wildman–Crippen LogP) is 4.24. The Bertz CT molecular complexity index is 328. The highest BCUT2D eigenvalue weighted by Gasteiger charge is 1.96. The molecule has 0 unspecified atom stereocenters. The molecule has 2 nitrogen and oxygen atoms in total. The first-order chi connectivity index (χ1) is 8.68. The van der Waals surface area contributed by atoms with Crippen molar-refractivity contribution in [1.29, 1.82) is 0 Å². The van der Waals surface area contributed by atoms with Gasteiger partial charge in [0.1, 0.15) is 5.75 Å². The topological polar surface area (TPSA) is 21.3 Å². The molecule has 1 N–H and O–H groups in total. The maximum absolute atomic E-state index is 5.68. The standard InChI is InChI=1S/C15H24BrNO/c1-13(2)12-17-9-4-3-5-10-18-15-8-6-7-14(16)11-15/h6-8,11,13,17H,3-5,9-10,12H2,1-2H3. The quantitative estimate of drug-likeness (QED) is 0.688. The molecule has 102 valence electrons. The lowest BCUT2D eigenvalue weighted by Crippen LogP contribution is -2.20. The Hall–Kier alpha value is -0.540. The number of hydrogen-bond acceptors (Lipinski definition) is 2. The maximum atomic E-state index is 5.68. The first kappa shape index (κ1) is 15.5. The zero-order valence-corrected chi connectivity index (χ0v) is 13.0. The molecule has 18 heavy (non-hydrogen) atoms. The average molecular weight is 314 g/mol. The van der Waals surface area contributed by atoms with Gasteiger partial charge < -0.3 is 10.1 Å². The number of rotatable bonds is 9. The summed E-state index contributed by atoms with van der Waals surface area (Å²) >= 11 is 3.44. The number of ether oxygens (including phenoxy) is 1. The molecular weight excluding hydrogens is 290 g/mol. The van der Waals surface area contributed by atoms with Crippen LogP contribution in [0.3, 0.4) is 0 Å². The molecule has 0 heterocycles. The van der Waals surface area contributed by atoms with Crippen molar-refractivity contribution in [2.24, 2.45) is 5.92 Å². The maximum Gasteiger partial charge on any atom is 0.120 e. The van der Waals surface area contributed by atoms with Crippen molar-refractivity contribution in [3.05, 3.63) is 28.7 Å². The molecule has 0 saturated carbocycles. The molecule has 1 aromatic rings. The molecule has 1 rings (SSSR count). The number of nitrogens with one attached hydrogen (secondary N) is 1. The van der Waals surface area contributed by atoms with E-state index in [1.165, 1.54) is 12.8 Å². The molecule has 0 spiro atoms. The Morgan fingerprint density at radius 3 is 2.78 bits per heavy atom. The normalized spacial score (nSPS) is 10.9. The van der Waals surface area contributed by atoms with Gasteiger partial charge in [0.2, 0.25) is 0 Å². The third-order valence-corrected chi connectivity index (χ3v) is 3.11. The van der Waals surface area contributed by atoms with Crippen LogP contribution < -0.4 is 10.1 Å². The minimum absolute atomic E-state index is 0.741. The number of hydrogen-bond donors (Lipinski definition) is 1. The van der Waals surface area contributed by atoms with Gasteiger partial charge >= 0.3 is 0 Å². The summed E-state index contributed by atoms with van der Waals surface area (Å²) in [5, 5.41) is 3.45. The van der Waals surface area contributed by atoms with Crippen molar-refractivity contribution in [3.63, 3.8) is 0 Å². The van der Waals surface area contributed by atoms with Gasteiger partial charge in [-0.25, -0.2) is 0 Å². The van der Waals surface area contributed by atoms with Crippen LogP contribution in [0.15, 0.2) is 28.7 Å². The monoisotopic (exact) mass is 313 g/mol. The lowest BCUT2D eigenvalue weighted by molar-refractivity contribution is 0.304. The van der Waals surface area contributed by atoms with Crippen molar-refractivity contribution in [2.45, 2.75) is 33.1 Å². The Labute approximate surface area is 119 Å². The fraction of sp³-hybridized carbons (Fsp3) is 0.600. The van der Waals surface area contributed by atoms with E-state index in [0.29, 0.717) is 0 Å². The predicted molar refractivity (Wildman–Crippen MR) is 81.2 cm³/mol. The molecule has 0 radical (unpaired) electrons. The molecule has 3 heteroatoms. The molecule has 0 fully saturated rings. The van der Waals surface area contributed by atoms with Crippen LogP contribution in [0.4, 0.5) is 0 Å². The molecule has 0 saturated heterocycles. The third-order valence-electron chi connectivity index (χ3n) is 2.62. The molecule has 1 aromatic carbocycles. The molecule has 0 amide bonds. The lowest BCUT2D eigenvalue weighted by Gasteiger charge is -2.08. The zero-order chi connectivity index (χ0) is 13.2. The van der Waals surface area contributed by atoms with E-state index in [2.05, 4.69) is 35.1 Å². The number of halogens is 1. The molecule has 0 aliphatic heterocycles. The van der Waals surface area contributed by atoms with Crippen molar-refractivity contribution < 1.29 is 4.74 Å². The van der Waals surface area contributed by atoms with Gasteiger partial charge in [-0.05, 0) is 56.5 Å². The highest BCUT2D eigenvalue weighted by atomic mass is 79.9. The Balaban J connectivity index is 1.96. The van der Waals surface area contributed by atoms with Gasteiger partial charge in [0.25, 0.3) is 0 Å². The molecule has 0 aromatic heterocycles. The second-order valence-corrected chi connectivity index (χ2v) is 5.88. The average Bonchev–Trinajstić information content (AvgIpc) is 2.32. The first-order valence-electron chi connectivity index (χ1n) is 6.77. The van der Waals surface area contributed by atoms with Crippen molar-refractivity contribution in [1.82, 2.24) is 5.32 Å². The van der Waals surface area contributed by atoms with Crippen molar-refractivity contribution >= 4 is 15.9 Å². The van der Waals surface area contributed by atoms with Crippen LogP contribution in [0, 0.1) is 5.92 Å². The SMILES string of the molecule is CC(C)CNCCCCCOc1cccc(Br)c1.